The molecule has 2 aromatic carbocycles. The fourth-order valence-electron chi connectivity index (χ4n) is 2.35. The molecule has 138 valence electrons. The van der Waals surface area contributed by atoms with Crippen LogP contribution in [0.2, 0.25) is 0 Å². The van der Waals surface area contributed by atoms with Crippen molar-refractivity contribution in [2.75, 3.05) is 23.7 Å². The topological polar surface area (TPSA) is 88.2 Å². The lowest BCUT2D eigenvalue weighted by molar-refractivity contribution is 0.252. The van der Waals surface area contributed by atoms with E-state index in [0.29, 0.717) is 37.0 Å². The lowest BCUT2D eigenvalue weighted by Crippen LogP contribution is -2.32. The Morgan fingerprint density at radius 1 is 0.963 bits per heavy atom. The van der Waals surface area contributed by atoms with Crippen LogP contribution in [0.15, 0.2) is 73.2 Å². The number of aromatic nitrogens is 2. The van der Waals surface area contributed by atoms with Crippen molar-refractivity contribution in [2.45, 2.75) is 6.61 Å². The first-order valence-corrected chi connectivity index (χ1v) is 8.62. The first-order valence-electron chi connectivity index (χ1n) is 8.62. The van der Waals surface area contributed by atoms with Crippen molar-refractivity contribution in [3.05, 3.63) is 78.8 Å². The van der Waals surface area contributed by atoms with Gasteiger partial charge in [-0.1, -0.05) is 42.5 Å². The van der Waals surface area contributed by atoms with Crippen LogP contribution < -0.4 is 20.7 Å². The quantitative estimate of drug-likeness (QED) is 0.535. The van der Waals surface area contributed by atoms with Gasteiger partial charge < -0.3 is 20.7 Å². The maximum Gasteiger partial charge on any atom is 0.319 e. The van der Waals surface area contributed by atoms with E-state index in [1.54, 1.807) is 24.7 Å². The van der Waals surface area contributed by atoms with Crippen molar-refractivity contribution in [2.24, 2.45) is 0 Å². The summed E-state index contributed by atoms with van der Waals surface area (Å²) in [5.74, 6) is 1.29. The molecule has 0 spiro atoms. The first kappa shape index (κ1) is 18.2. The maximum absolute atomic E-state index is 12.1. The minimum absolute atomic E-state index is 0.299. The summed E-state index contributed by atoms with van der Waals surface area (Å²) in [5.41, 5.74) is 1.68. The molecule has 3 aromatic rings. The van der Waals surface area contributed by atoms with E-state index < -0.39 is 0 Å². The smallest absolute Gasteiger partial charge is 0.319 e. The van der Waals surface area contributed by atoms with E-state index in [-0.39, 0.29) is 6.03 Å². The van der Waals surface area contributed by atoms with E-state index in [1.807, 2.05) is 48.5 Å². The van der Waals surface area contributed by atoms with E-state index in [9.17, 15) is 4.79 Å². The molecule has 2 amide bonds. The van der Waals surface area contributed by atoms with Crippen LogP contribution in [0, 0.1) is 0 Å². The fourth-order valence-corrected chi connectivity index (χ4v) is 2.35. The van der Waals surface area contributed by atoms with Crippen LogP contribution in [0.1, 0.15) is 5.56 Å². The number of ether oxygens (including phenoxy) is 1. The van der Waals surface area contributed by atoms with Crippen LogP contribution >= 0.6 is 0 Å². The Labute approximate surface area is 157 Å². The van der Waals surface area contributed by atoms with Crippen molar-refractivity contribution in [3.8, 4) is 5.75 Å². The number of urea groups is 1. The molecule has 0 saturated heterocycles. The lowest BCUT2D eigenvalue weighted by Gasteiger charge is -2.13. The molecular weight excluding hydrogens is 342 g/mol. The fraction of sp³-hybridized carbons (Fsp3) is 0.150. The predicted octanol–water partition coefficient (Wildman–Crippen LogP) is 3.29. The Kier molecular flexibility index (Phi) is 6.58. The zero-order valence-electron chi connectivity index (χ0n) is 14.8. The number of nitrogens with one attached hydrogen (secondary N) is 3. The molecule has 0 aliphatic rings. The highest BCUT2D eigenvalue weighted by molar-refractivity contribution is 5.90. The number of benzene rings is 2. The van der Waals surface area contributed by atoms with Crippen molar-refractivity contribution < 1.29 is 9.53 Å². The van der Waals surface area contributed by atoms with Gasteiger partial charge in [0.15, 0.2) is 0 Å². The summed E-state index contributed by atoms with van der Waals surface area (Å²) in [5, 5.41) is 8.67. The van der Waals surface area contributed by atoms with Crippen molar-refractivity contribution >= 4 is 17.5 Å². The van der Waals surface area contributed by atoms with Crippen LogP contribution in [-0.2, 0) is 6.61 Å². The number of amides is 2. The molecular formula is C20H21N5O2. The average molecular weight is 363 g/mol. The van der Waals surface area contributed by atoms with Gasteiger partial charge in [0.1, 0.15) is 18.2 Å². The van der Waals surface area contributed by atoms with Crippen LogP contribution in [0.25, 0.3) is 0 Å². The Hall–Kier alpha value is -3.61. The number of rotatable bonds is 8. The number of carbonyl (C=O) groups excluding carboxylic acids is 1. The second kappa shape index (κ2) is 9.76. The maximum atomic E-state index is 12.1. The van der Waals surface area contributed by atoms with Gasteiger partial charge in [0.25, 0.3) is 0 Å². The largest absolute Gasteiger partial charge is 0.487 e. The van der Waals surface area contributed by atoms with E-state index in [1.165, 1.54) is 0 Å². The molecule has 7 nitrogen and oxygen atoms in total. The summed E-state index contributed by atoms with van der Waals surface area (Å²) < 4.78 is 5.84. The summed E-state index contributed by atoms with van der Waals surface area (Å²) >= 11 is 0. The molecule has 0 radical (unpaired) electrons. The Morgan fingerprint density at radius 2 is 1.78 bits per heavy atom. The van der Waals surface area contributed by atoms with E-state index in [2.05, 4.69) is 25.9 Å². The molecule has 3 rings (SSSR count). The predicted molar refractivity (Wildman–Crippen MR) is 105 cm³/mol. The van der Waals surface area contributed by atoms with Gasteiger partial charge in [-0.2, -0.15) is 0 Å². The standard InChI is InChI=1S/C20H21N5O2/c26-20(24-13-12-23-19-14-21-10-11-22-19)25-17-8-4-5-9-18(17)27-15-16-6-2-1-3-7-16/h1-11,14H,12-13,15H2,(H,22,23)(H2,24,25,26). The minimum atomic E-state index is -0.299. The molecule has 1 heterocycles. The molecule has 0 aliphatic carbocycles. The Balaban J connectivity index is 1.46. The zero-order valence-corrected chi connectivity index (χ0v) is 14.8. The normalized spacial score (nSPS) is 10.1. The second-order valence-corrected chi connectivity index (χ2v) is 5.67. The van der Waals surface area contributed by atoms with Gasteiger partial charge in [0.05, 0.1) is 11.9 Å². The SMILES string of the molecule is O=C(NCCNc1cnccn1)Nc1ccccc1OCc1ccccc1. The lowest BCUT2D eigenvalue weighted by atomic mass is 10.2. The molecule has 0 saturated carbocycles. The minimum Gasteiger partial charge on any atom is -0.487 e. The number of carbonyl (C=O) groups is 1. The monoisotopic (exact) mass is 363 g/mol. The van der Waals surface area contributed by atoms with Crippen molar-refractivity contribution in [1.29, 1.82) is 0 Å². The van der Waals surface area contributed by atoms with E-state index in [0.717, 1.165) is 5.56 Å². The molecule has 0 unspecified atom stereocenters. The highest BCUT2D eigenvalue weighted by Gasteiger charge is 2.07. The molecule has 0 fully saturated rings. The molecule has 0 bridgehead atoms. The summed E-state index contributed by atoms with van der Waals surface area (Å²) in [6.45, 7) is 1.41. The van der Waals surface area contributed by atoms with Crippen LogP contribution in [0.4, 0.5) is 16.3 Å². The van der Waals surface area contributed by atoms with Crippen LogP contribution in [-0.4, -0.2) is 29.1 Å². The van der Waals surface area contributed by atoms with E-state index in [4.69, 9.17) is 4.74 Å². The van der Waals surface area contributed by atoms with Gasteiger partial charge in [-0.3, -0.25) is 4.98 Å². The van der Waals surface area contributed by atoms with Gasteiger partial charge in [0, 0.05) is 25.5 Å². The summed E-state index contributed by atoms with van der Waals surface area (Å²) in [7, 11) is 0. The number of hydrogen-bond donors (Lipinski definition) is 3. The third-order valence-corrected chi connectivity index (χ3v) is 3.65. The van der Waals surface area contributed by atoms with Crippen LogP contribution in [0.5, 0.6) is 5.75 Å². The number of para-hydroxylation sites is 2. The Bertz CT molecular complexity index is 843. The molecule has 0 aliphatic heterocycles. The van der Waals surface area contributed by atoms with Crippen molar-refractivity contribution in [1.82, 2.24) is 15.3 Å². The van der Waals surface area contributed by atoms with Crippen LogP contribution in [0.3, 0.4) is 0 Å². The average Bonchev–Trinajstić information content (AvgIpc) is 2.72. The third kappa shape index (κ3) is 6.00. The van der Waals surface area contributed by atoms with E-state index >= 15 is 0 Å². The van der Waals surface area contributed by atoms with Gasteiger partial charge in [-0.25, -0.2) is 9.78 Å². The zero-order chi connectivity index (χ0) is 18.7. The van der Waals surface area contributed by atoms with Gasteiger partial charge in [-0.15, -0.1) is 0 Å². The first-order chi connectivity index (χ1) is 13.3. The molecule has 27 heavy (non-hydrogen) atoms. The molecule has 1 aromatic heterocycles. The van der Waals surface area contributed by atoms with Gasteiger partial charge in [-0.05, 0) is 17.7 Å². The van der Waals surface area contributed by atoms with Gasteiger partial charge in [0.2, 0.25) is 0 Å². The van der Waals surface area contributed by atoms with Gasteiger partial charge >= 0.3 is 6.03 Å². The third-order valence-electron chi connectivity index (χ3n) is 3.65. The highest BCUT2D eigenvalue weighted by atomic mass is 16.5. The molecule has 0 atom stereocenters. The number of hydrogen-bond acceptors (Lipinski definition) is 5. The highest BCUT2D eigenvalue weighted by Crippen LogP contribution is 2.24. The number of nitrogens with zero attached hydrogens (tertiary/aromatic N) is 2. The second-order valence-electron chi connectivity index (χ2n) is 5.67. The summed E-state index contributed by atoms with van der Waals surface area (Å²) in [6.07, 6.45) is 4.84. The summed E-state index contributed by atoms with van der Waals surface area (Å²) in [4.78, 5) is 20.2. The number of anilines is 2. The summed E-state index contributed by atoms with van der Waals surface area (Å²) in [6, 6.07) is 16.9. The molecule has 7 heteroatoms. The Morgan fingerprint density at radius 3 is 2.59 bits per heavy atom. The van der Waals surface area contributed by atoms with Crippen molar-refractivity contribution in [3.63, 3.8) is 0 Å². The molecule has 3 N–H and O–H groups in total.